The van der Waals surface area contributed by atoms with Gasteiger partial charge in [0, 0.05) is 22.8 Å². The Morgan fingerprint density at radius 1 is 0.897 bits per heavy atom. The fourth-order valence-corrected chi connectivity index (χ4v) is 4.01. The van der Waals surface area contributed by atoms with E-state index in [9.17, 15) is 19.8 Å². The minimum Gasteiger partial charge on any atom is -0.508 e. The minimum atomic E-state index is -0.308. The Bertz CT molecular complexity index is 1150. The summed E-state index contributed by atoms with van der Waals surface area (Å²) in [5, 5.41) is 29.6. The average molecular weight is 390 g/mol. The number of phenolic OH excluding ortho intramolecular Hbond substituents is 2. The summed E-state index contributed by atoms with van der Waals surface area (Å²) in [5.74, 6) is -0.923. The van der Waals surface area contributed by atoms with E-state index in [4.69, 9.17) is 0 Å². The van der Waals surface area contributed by atoms with E-state index in [2.05, 4.69) is 10.2 Å². The molecule has 146 valence electrons. The molecule has 8 heteroatoms. The van der Waals surface area contributed by atoms with E-state index in [0.29, 0.717) is 35.0 Å². The van der Waals surface area contributed by atoms with Crippen molar-refractivity contribution in [2.24, 2.45) is 0 Å². The molecule has 29 heavy (non-hydrogen) atoms. The van der Waals surface area contributed by atoms with Crippen molar-refractivity contribution in [2.45, 2.75) is 32.2 Å². The van der Waals surface area contributed by atoms with Crippen molar-refractivity contribution >= 4 is 22.8 Å². The molecule has 2 aliphatic rings. The summed E-state index contributed by atoms with van der Waals surface area (Å²) in [6, 6.07) is 9.92. The van der Waals surface area contributed by atoms with Gasteiger partial charge in [-0.2, -0.15) is 0 Å². The molecule has 8 nitrogen and oxygen atoms in total. The third-order valence-corrected chi connectivity index (χ3v) is 5.46. The maximum absolute atomic E-state index is 12.7. The van der Waals surface area contributed by atoms with Gasteiger partial charge in [0.2, 0.25) is 0 Å². The minimum absolute atomic E-state index is 0.119. The highest BCUT2D eigenvalue weighted by atomic mass is 16.3. The monoisotopic (exact) mass is 390 g/mol. The van der Waals surface area contributed by atoms with Gasteiger partial charge in [-0.05, 0) is 43.9 Å². The molecule has 1 aliphatic carbocycles. The van der Waals surface area contributed by atoms with Crippen LogP contribution in [0.2, 0.25) is 0 Å². The van der Waals surface area contributed by atoms with Crippen LogP contribution >= 0.6 is 0 Å². The quantitative estimate of drug-likeness (QED) is 0.526. The first kappa shape index (κ1) is 17.4. The van der Waals surface area contributed by atoms with Gasteiger partial charge in [0.1, 0.15) is 28.2 Å². The Labute approximate surface area is 165 Å². The van der Waals surface area contributed by atoms with Crippen molar-refractivity contribution < 1.29 is 19.8 Å². The Kier molecular flexibility index (Phi) is 3.87. The molecule has 2 heterocycles. The lowest BCUT2D eigenvalue weighted by Crippen LogP contribution is -2.31. The zero-order valence-electron chi connectivity index (χ0n) is 15.5. The predicted octanol–water partition coefficient (Wildman–Crippen LogP) is 2.57. The SMILES string of the molecule is O=C1C2=C(CCCC2)C(=O)N1Cc1cc(O)cc(-n2nc3ccccc3n2)c1O. The van der Waals surface area contributed by atoms with Gasteiger partial charge >= 0.3 is 0 Å². The number of benzene rings is 2. The fourth-order valence-electron chi connectivity index (χ4n) is 4.01. The van der Waals surface area contributed by atoms with Crippen LogP contribution < -0.4 is 0 Å². The van der Waals surface area contributed by atoms with Gasteiger partial charge in [-0.1, -0.05) is 12.1 Å². The van der Waals surface area contributed by atoms with E-state index >= 15 is 0 Å². The second-order valence-corrected chi connectivity index (χ2v) is 7.31. The molecule has 0 saturated carbocycles. The molecule has 1 aliphatic heterocycles. The summed E-state index contributed by atoms with van der Waals surface area (Å²) in [4.78, 5) is 27.8. The average Bonchev–Trinajstić information content (AvgIpc) is 3.26. The molecule has 2 aromatic carbocycles. The number of rotatable bonds is 3. The van der Waals surface area contributed by atoms with E-state index in [1.54, 1.807) is 12.1 Å². The molecule has 0 bridgehead atoms. The fraction of sp³-hybridized carbons (Fsp3) is 0.238. The first-order valence-corrected chi connectivity index (χ1v) is 9.48. The third-order valence-electron chi connectivity index (χ3n) is 5.46. The second-order valence-electron chi connectivity index (χ2n) is 7.31. The molecule has 0 fully saturated rings. The van der Waals surface area contributed by atoms with Gasteiger partial charge < -0.3 is 10.2 Å². The molecule has 0 unspecified atom stereocenters. The Balaban J connectivity index is 1.52. The van der Waals surface area contributed by atoms with Crippen LogP contribution in [0.3, 0.4) is 0 Å². The zero-order chi connectivity index (χ0) is 20.1. The van der Waals surface area contributed by atoms with Crippen molar-refractivity contribution in [3.63, 3.8) is 0 Å². The standard InChI is InChI=1S/C21H18N4O4/c26-13-9-12(11-24-20(28)14-5-1-2-6-15(14)21(24)29)19(27)18(10-13)25-22-16-7-3-4-8-17(16)23-25/h3-4,7-10,26-27H,1-2,5-6,11H2. The lowest BCUT2D eigenvalue weighted by atomic mass is 9.93. The van der Waals surface area contributed by atoms with Crippen LogP contribution in [-0.2, 0) is 16.1 Å². The van der Waals surface area contributed by atoms with E-state index < -0.39 is 0 Å². The lowest BCUT2D eigenvalue weighted by Gasteiger charge is -2.17. The normalized spacial score (nSPS) is 16.8. The maximum Gasteiger partial charge on any atom is 0.257 e. The smallest absolute Gasteiger partial charge is 0.257 e. The van der Waals surface area contributed by atoms with E-state index in [0.717, 1.165) is 17.7 Å². The number of hydrogen-bond donors (Lipinski definition) is 2. The predicted molar refractivity (Wildman–Crippen MR) is 103 cm³/mol. The highest BCUT2D eigenvalue weighted by Crippen LogP contribution is 2.36. The maximum atomic E-state index is 12.7. The molecule has 0 radical (unpaired) electrons. The van der Waals surface area contributed by atoms with Crippen LogP contribution in [0.15, 0.2) is 47.5 Å². The number of carbonyl (C=O) groups is 2. The van der Waals surface area contributed by atoms with Crippen LogP contribution in [0.25, 0.3) is 16.7 Å². The topological polar surface area (TPSA) is 109 Å². The number of imide groups is 1. The summed E-state index contributed by atoms with van der Waals surface area (Å²) in [6.45, 7) is -0.126. The second kappa shape index (κ2) is 6.44. The van der Waals surface area contributed by atoms with Gasteiger partial charge in [-0.3, -0.25) is 14.5 Å². The number of aromatic nitrogens is 3. The van der Waals surface area contributed by atoms with Crippen molar-refractivity contribution in [1.29, 1.82) is 0 Å². The summed E-state index contributed by atoms with van der Waals surface area (Å²) in [5.41, 5.74) is 2.87. The van der Waals surface area contributed by atoms with Crippen molar-refractivity contribution in [3.8, 4) is 17.2 Å². The van der Waals surface area contributed by atoms with Crippen LogP contribution in [0.5, 0.6) is 11.5 Å². The first-order chi connectivity index (χ1) is 14.0. The Hall–Kier alpha value is -3.68. The van der Waals surface area contributed by atoms with Gasteiger partial charge in [-0.25, -0.2) is 0 Å². The molecule has 3 aromatic rings. The number of amides is 2. The number of carbonyl (C=O) groups excluding carboxylic acids is 2. The summed E-state index contributed by atoms with van der Waals surface area (Å²) < 4.78 is 0. The summed E-state index contributed by atoms with van der Waals surface area (Å²) in [6.07, 6.45) is 3.01. The molecule has 0 atom stereocenters. The van der Waals surface area contributed by atoms with Gasteiger partial charge in [-0.15, -0.1) is 15.0 Å². The largest absolute Gasteiger partial charge is 0.508 e. The number of aromatic hydroxyl groups is 2. The van der Waals surface area contributed by atoms with Gasteiger partial charge in [0.05, 0.1) is 6.54 Å². The summed E-state index contributed by atoms with van der Waals surface area (Å²) >= 11 is 0. The van der Waals surface area contributed by atoms with E-state index in [-0.39, 0.29) is 41.1 Å². The number of phenols is 2. The van der Waals surface area contributed by atoms with Crippen LogP contribution in [0.4, 0.5) is 0 Å². The summed E-state index contributed by atoms with van der Waals surface area (Å²) in [7, 11) is 0. The molecular formula is C21H18N4O4. The third kappa shape index (κ3) is 2.75. The van der Waals surface area contributed by atoms with Crippen LogP contribution in [0, 0.1) is 0 Å². The molecule has 0 saturated heterocycles. The molecule has 2 amide bonds. The van der Waals surface area contributed by atoms with Crippen LogP contribution in [0.1, 0.15) is 31.2 Å². The Morgan fingerprint density at radius 2 is 1.48 bits per heavy atom. The van der Waals surface area contributed by atoms with E-state index in [1.807, 2.05) is 12.1 Å². The first-order valence-electron chi connectivity index (χ1n) is 9.48. The molecule has 0 spiro atoms. The van der Waals surface area contributed by atoms with Crippen LogP contribution in [-0.4, -0.2) is 41.9 Å². The molecule has 2 N–H and O–H groups in total. The van der Waals surface area contributed by atoms with Crippen molar-refractivity contribution in [3.05, 3.63) is 53.1 Å². The highest BCUT2D eigenvalue weighted by Gasteiger charge is 2.39. The number of hydrogen-bond acceptors (Lipinski definition) is 6. The Morgan fingerprint density at radius 3 is 2.07 bits per heavy atom. The van der Waals surface area contributed by atoms with E-state index in [1.165, 1.54) is 16.9 Å². The number of nitrogens with zero attached hydrogens (tertiary/aromatic N) is 4. The van der Waals surface area contributed by atoms with Crippen molar-refractivity contribution in [1.82, 2.24) is 19.9 Å². The molecule has 5 rings (SSSR count). The van der Waals surface area contributed by atoms with Crippen molar-refractivity contribution in [2.75, 3.05) is 0 Å². The highest BCUT2D eigenvalue weighted by molar-refractivity contribution is 6.19. The lowest BCUT2D eigenvalue weighted by molar-refractivity contribution is -0.138. The number of fused-ring (bicyclic) bond motifs is 1. The zero-order valence-corrected chi connectivity index (χ0v) is 15.5. The van der Waals surface area contributed by atoms with Gasteiger partial charge in [0.15, 0.2) is 0 Å². The molecular weight excluding hydrogens is 372 g/mol. The molecule has 1 aromatic heterocycles. The van der Waals surface area contributed by atoms with Gasteiger partial charge in [0.25, 0.3) is 11.8 Å².